The van der Waals surface area contributed by atoms with Crippen LogP contribution in [-0.2, 0) is 0 Å². The Hall–Kier alpha value is -1.62. The molecule has 0 bridgehead atoms. The van der Waals surface area contributed by atoms with Crippen molar-refractivity contribution in [3.8, 4) is 0 Å². The van der Waals surface area contributed by atoms with Gasteiger partial charge in [0, 0.05) is 12.1 Å². The molecule has 0 saturated carbocycles. The number of fused-ring (bicyclic) bond motifs is 1. The van der Waals surface area contributed by atoms with Crippen LogP contribution >= 0.6 is 34.5 Å². The van der Waals surface area contributed by atoms with E-state index >= 15 is 0 Å². The molecular weight excluding hydrogens is 327 g/mol. The highest BCUT2D eigenvalue weighted by Gasteiger charge is 2.19. The molecule has 0 saturated heterocycles. The Morgan fingerprint density at radius 1 is 1.19 bits per heavy atom. The molecule has 0 spiro atoms. The first-order chi connectivity index (χ1) is 10.1. The van der Waals surface area contributed by atoms with Gasteiger partial charge in [-0.15, -0.1) is 0 Å². The van der Waals surface area contributed by atoms with E-state index in [-0.39, 0.29) is 5.91 Å². The highest BCUT2D eigenvalue weighted by atomic mass is 35.5. The number of hydrogen-bond donors (Lipinski definition) is 0. The van der Waals surface area contributed by atoms with E-state index in [0.717, 1.165) is 10.2 Å². The average Bonchev–Trinajstić information content (AvgIpc) is 2.89. The molecule has 1 heterocycles. The Morgan fingerprint density at radius 3 is 2.67 bits per heavy atom. The summed E-state index contributed by atoms with van der Waals surface area (Å²) in [6.45, 7) is 0. The van der Waals surface area contributed by atoms with Gasteiger partial charge in [0.15, 0.2) is 5.13 Å². The normalized spacial score (nSPS) is 10.8. The second-order valence-corrected chi connectivity index (χ2v) is 6.31. The summed E-state index contributed by atoms with van der Waals surface area (Å²) in [7, 11) is 1.69. The first-order valence-electron chi connectivity index (χ1n) is 6.15. The lowest BCUT2D eigenvalue weighted by Gasteiger charge is -2.14. The van der Waals surface area contributed by atoms with Gasteiger partial charge in [0.25, 0.3) is 5.91 Å². The van der Waals surface area contributed by atoms with E-state index in [4.69, 9.17) is 23.2 Å². The molecule has 0 N–H and O–H groups in total. The SMILES string of the molecule is CN(C(=O)c1ccc(Cl)cc1Cl)c1nc2ccccc2s1. The number of aromatic nitrogens is 1. The third kappa shape index (κ3) is 2.75. The van der Waals surface area contributed by atoms with Crippen molar-refractivity contribution in [2.75, 3.05) is 11.9 Å². The van der Waals surface area contributed by atoms with Gasteiger partial charge in [-0.2, -0.15) is 0 Å². The van der Waals surface area contributed by atoms with Crippen molar-refractivity contribution in [2.45, 2.75) is 0 Å². The van der Waals surface area contributed by atoms with Crippen LogP contribution in [0.1, 0.15) is 10.4 Å². The lowest BCUT2D eigenvalue weighted by atomic mass is 10.2. The Labute approximate surface area is 135 Å². The number of para-hydroxylation sites is 1. The quantitative estimate of drug-likeness (QED) is 0.668. The fourth-order valence-electron chi connectivity index (χ4n) is 1.93. The number of benzene rings is 2. The molecular formula is C15H10Cl2N2OS. The number of nitrogens with zero attached hydrogens (tertiary/aromatic N) is 2. The fraction of sp³-hybridized carbons (Fsp3) is 0.0667. The Morgan fingerprint density at radius 2 is 1.95 bits per heavy atom. The van der Waals surface area contributed by atoms with Crippen molar-refractivity contribution >= 4 is 55.8 Å². The number of rotatable bonds is 2. The van der Waals surface area contributed by atoms with Crippen LogP contribution in [0.15, 0.2) is 42.5 Å². The first-order valence-corrected chi connectivity index (χ1v) is 7.72. The Bertz CT molecular complexity index is 798. The lowest BCUT2D eigenvalue weighted by Crippen LogP contribution is -2.26. The van der Waals surface area contributed by atoms with Gasteiger partial charge in [0.1, 0.15) is 0 Å². The van der Waals surface area contributed by atoms with Gasteiger partial charge >= 0.3 is 0 Å². The van der Waals surface area contributed by atoms with Crippen LogP contribution in [0.4, 0.5) is 5.13 Å². The topological polar surface area (TPSA) is 33.2 Å². The molecule has 0 aliphatic rings. The molecule has 1 aromatic heterocycles. The average molecular weight is 337 g/mol. The predicted octanol–water partition coefficient (Wildman–Crippen LogP) is 4.88. The molecule has 6 heteroatoms. The molecule has 3 aromatic rings. The fourth-order valence-corrected chi connectivity index (χ4v) is 3.35. The molecule has 1 amide bonds. The number of carbonyl (C=O) groups excluding carboxylic acids is 1. The van der Waals surface area contributed by atoms with Crippen molar-refractivity contribution < 1.29 is 4.79 Å². The summed E-state index contributed by atoms with van der Waals surface area (Å²) in [6, 6.07) is 12.6. The van der Waals surface area contributed by atoms with Gasteiger partial charge in [0.2, 0.25) is 0 Å². The van der Waals surface area contributed by atoms with Gasteiger partial charge in [0.05, 0.1) is 20.8 Å². The zero-order valence-electron chi connectivity index (χ0n) is 11.0. The van der Waals surface area contributed by atoms with Crippen LogP contribution in [0, 0.1) is 0 Å². The number of amides is 1. The summed E-state index contributed by atoms with van der Waals surface area (Å²) in [5.41, 5.74) is 1.28. The number of carbonyl (C=O) groups is 1. The van der Waals surface area contributed by atoms with Crippen LogP contribution in [0.3, 0.4) is 0 Å². The van der Waals surface area contributed by atoms with Gasteiger partial charge in [-0.1, -0.05) is 46.7 Å². The summed E-state index contributed by atoms with van der Waals surface area (Å²) in [5.74, 6) is -0.212. The summed E-state index contributed by atoms with van der Waals surface area (Å²) in [6.07, 6.45) is 0. The molecule has 2 aromatic carbocycles. The number of anilines is 1. The first kappa shape index (κ1) is 14.3. The van der Waals surface area contributed by atoms with Crippen molar-refractivity contribution in [1.29, 1.82) is 0 Å². The van der Waals surface area contributed by atoms with Gasteiger partial charge in [-0.05, 0) is 30.3 Å². The molecule has 21 heavy (non-hydrogen) atoms. The van der Waals surface area contributed by atoms with Crippen molar-refractivity contribution in [2.24, 2.45) is 0 Å². The Kier molecular flexibility index (Phi) is 3.85. The molecule has 0 aliphatic heterocycles. The van der Waals surface area contributed by atoms with Gasteiger partial charge < -0.3 is 0 Å². The van der Waals surface area contributed by atoms with Crippen molar-refractivity contribution in [3.05, 3.63) is 58.1 Å². The third-order valence-corrected chi connectivity index (χ3v) is 4.70. The lowest BCUT2D eigenvalue weighted by molar-refractivity contribution is 0.0993. The number of halogens is 2. The summed E-state index contributed by atoms with van der Waals surface area (Å²) in [5, 5.41) is 1.46. The second kappa shape index (κ2) is 5.64. The monoisotopic (exact) mass is 336 g/mol. The van der Waals surface area contributed by atoms with Gasteiger partial charge in [-0.25, -0.2) is 4.98 Å². The molecule has 0 atom stereocenters. The zero-order valence-corrected chi connectivity index (χ0v) is 13.3. The van der Waals surface area contributed by atoms with Crippen molar-refractivity contribution in [3.63, 3.8) is 0 Å². The molecule has 0 radical (unpaired) electrons. The summed E-state index contributed by atoms with van der Waals surface area (Å²) < 4.78 is 1.04. The van der Waals surface area contributed by atoms with Crippen LogP contribution < -0.4 is 4.90 Å². The minimum atomic E-state index is -0.212. The molecule has 0 fully saturated rings. The van der Waals surface area contributed by atoms with Crippen LogP contribution in [-0.4, -0.2) is 17.9 Å². The largest absolute Gasteiger partial charge is 0.287 e. The van der Waals surface area contributed by atoms with E-state index in [1.54, 1.807) is 25.2 Å². The van der Waals surface area contributed by atoms with Gasteiger partial charge in [-0.3, -0.25) is 9.69 Å². The standard InChI is InChI=1S/C15H10Cl2N2OS/c1-19(14(20)10-7-6-9(16)8-11(10)17)15-18-12-4-2-3-5-13(12)21-15/h2-8H,1H3. The second-order valence-electron chi connectivity index (χ2n) is 4.45. The predicted molar refractivity (Wildman–Crippen MR) is 88.8 cm³/mol. The van der Waals surface area contributed by atoms with Crippen LogP contribution in [0.2, 0.25) is 10.0 Å². The van der Waals surface area contributed by atoms with Crippen LogP contribution in [0.25, 0.3) is 10.2 Å². The minimum Gasteiger partial charge on any atom is -0.287 e. The number of thiazole rings is 1. The zero-order chi connectivity index (χ0) is 15.0. The van der Waals surface area contributed by atoms with Crippen LogP contribution in [0.5, 0.6) is 0 Å². The van der Waals surface area contributed by atoms with E-state index in [0.29, 0.717) is 20.7 Å². The van der Waals surface area contributed by atoms with E-state index in [1.165, 1.54) is 16.2 Å². The molecule has 0 aliphatic carbocycles. The summed E-state index contributed by atoms with van der Waals surface area (Å²) >= 11 is 13.4. The molecule has 0 unspecified atom stereocenters. The van der Waals surface area contributed by atoms with E-state index in [2.05, 4.69) is 4.98 Å². The smallest absolute Gasteiger partial charge is 0.261 e. The molecule has 106 valence electrons. The van der Waals surface area contributed by atoms with E-state index in [1.807, 2.05) is 24.3 Å². The van der Waals surface area contributed by atoms with E-state index < -0.39 is 0 Å². The third-order valence-electron chi connectivity index (χ3n) is 3.04. The summed E-state index contributed by atoms with van der Waals surface area (Å²) in [4.78, 5) is 18.5. The molecule has 3 nitrogen and oxygen atoms in total. The molecule has 3 rings (SSSR count). The van der Waals surface area contributed by atoms with E-state index in [9.17, 15) is 4.79 Å². The minimum absolute atomic E-state index is 0.212. The maximum Gasteiger partial charge on any atom is 0.261 e. The Balaban J connectivity index is 1.97. The number of hydrogen-bond acceptors (Lipinski definition) is 3. The highest BCUT2D eigenvalue weighted by molar-refractivity contribution is 7.22. The maximum absolute atomic E-state index is 12.5. The van der Waals surface area contributed by atoms with Crippen molar-refractivity contribution in [1.82, 2.24) is 4.98 Å². The highest BCUT2D eigenvalue weighted by Crippen LogP contribution is 2.30. The maximum atomic E-state index is 12.5.